The molecule has 1 aromatic carbocycles. The lowest BCUT2D eigenvalue weighted by Crippen LogP contribution is -2.34. The van der Waals surface area contributed by atoms with E-state index in [-0.39, 0.29) is 12.2 Å². The predicted octanol–water partition coefficient (Wildman–Crippen LogP) is 2.66. The molecule has 0 aliphatic rings. The van der Waals surface area contributed by atoms with Crippen molar-refractivity contribution in [1.82, 2.24) is 0 Å². The van der Waals surface area contributed by atoms with Gasteiger partial charge >= 0.3 is 0 Å². The van der Waals surface area contributed by atoms with Gasteiger partial charge in [0.15, 0.2) is 0 Å². The number of rotatable bonds is 5. The molecule has 2 nitrogen and oxygen atoms in total. The Balaban J connectivity index is 2.52. The highest BCUT2D eigenvalue weighted by molar-refractivity contribution is 7.81. The van der Waals surface area contributed by atoms with Crippen LogP contribution in [0.2, 0.25) is 0 Å². The van der Waals surface area contributed by atoms with Gasteiger partial charge in [0.2, 0.25) is 0 Å². The van der Waals surface area contributed by atoms with Gasteiger partial charge in [-0.15, -0.1) is 12.6 Å². The molecule has 0 radical (unpaired) electrons. The first kappa shape index (κ1) is 13.6. The van der Waals surface area contributed by atoms with E-state index < -0.39 is 4.93 Å². The van der Waals surface area contributed by atoms with Crippen LogP contribution in [-0.2, 0) is 11.2 Å². The van der Waals surface area contributed by atoms with Crippen molar-refractivity contribution in [3.63, 3.8) is 0 Å². The van der Waals surface area contributed by atoms with E-state index in [4.69, 9.17) is 4.74 Å². The maximum Gasteiger partial charge on any atom is 0.128 e. The standard InChI is InChI=1S/C13H20O2S/c1-12(2,15-10-13(3,14)16)9-11-7-5-4-6-8-11/h4-8,14,16H,9-10H2,1-3H3. The van der Waals surface area contributed by atoms with E-state index in [0.29, 0.717) is 0 Å². The lowest BCUT2D eigenvalue weighted by molar-refractivity contribution is -0.0641. The van der Waals surface area contributed by atoms with E-state index in [1.165, 1.54) is 5.56 Å². The summed E-state index contributed by atoms with van der Waals surface area (Å²) >= 11 is 4.02. The summed E-state index contributed by atoms with van der Waals surface area (Å²) in [7, 11) is 0. The van der Waals surface area contributed by atoms with E-state index in [0.717, 1.165) is 6.42 Å². The zero-order valence-corrected chi connectivity index (χ0v) is 11.0. The third-order valence-corrected chi connectivity index (χ3v) is 2.34. The maximum atomic E-state index is 9.49. The highest BCUT2D eigenvalue weighted by Gasteiger charge is 2.23. The molecule has 16 heavy (non-hydrogen) atoms. The van der Waals surface area contributed by atoms with E-state index in [1.54, 1.807) is 6.92 Å². The third kappa shape index (κ3) is 5.54. The number of hydrogen-bond acceptors (Lipinski definition) is 3. The number of thiol groups is 1. The summed E-state index contributed by atoms with van der Waals surface area (Å²) in [6, 6.07) is 10.2. The molecule has 0 spiro atoms. The molecule has 0 bridgehead atoms. The van der Waals surface area contributed by atoms with Crippen LogP contribution in [0.3, 0.4) is 0 Å². The fourth-order valence-corrected chi connectivity index (χ4v) is 1.54. The molecule has 1 atom stereocenters. The highest BCUT2D eigenvalue weighted by atomic mass is 32.1. The molecule has 0 saturated heterocycles. The predicted molar refractivity (Wildman–Crippen MR) is 69.8 cm³/mol. The van der Waals surface area contributed by atoms with Crippen molar-refractivity contribution >= 4 is 12.6 Å². The smallest absolute Gasteiger partial charge is 0.128 e. The average molecular weight is 240 g/mol. The van der Waals surface area contributed by atoms with Crippen LogP contribution >= 0.6 is 12.6 Å². The minimum absolute atomic E-state index is 0.218. The Bertz CT molecular complexity index is 314. The van der Waals surface area contributed by atoms with Crippen molar-refractivity contribution in [2.75, 3.05) is 6.61 Å². The summed E-state index contributed by atoms with van der Waals surface area (Å²) in [5, 5.41) is 9.49. The Morgan fingerprint density at radius 3 is 2.25 bits per heavy atom. The minimum Gasteiger partial charge on any atom is -0.378 e. The van der Waals surface area contributed by atoms with Crippen molar-refractivity contribution in [2.24, 2.45) is 0 Å². The fraction of sp³-hybridized carbons (Fsp3) is 0.538. The number of ether oxygens (including phenoxy) is 1. The van der Waals surface area contributed by atoms with Crippen molar-refractivity contribution in [3.8, 4) is 0 Å². The van der Waals surface area contributed by atoms with Gasteiger partial charge in [-0.1, -0.05) is 30.3 Å². The molecule has 0 saturated carbocycles. The quantitative estimate of drug-likeness (QED) is 0.612. The topological polar surface area (TPSA) is 29.5 Å². The van der Waals surface area contributed by atoms with Crippen LogP contribution < -0.4 is 0 Å². The van der Waals surface area contributed by atoms with Crippen LogP contribution in [0.5, 0.6) is 0 Å². The zero-order valence-electron chi connectivity index (χ0n) is 10.1. The van der Waals surface area contributed by atoms with Crippen LogP contribution in [-0.4, -0.2) is 22.2 Å². The lowest BCUT2D eigenvalue weighted by atomic mass is 9.98. The number of hydrogen-bond donors (Lipinski definition) is 2. The molecule has 0 heterocycles. The second-order valence-electron chi connectivity index (χ2n) is 4.93. The zero-order chi connectivity index (χ0) is 12.2. The van der Waals surface area contributed by atoms with Crippen molar-refractivity contribution < 1.29 is 9.84 Å². The summed E-state index contributed by atoms with van der Waals surface area (Å²) in [6.45, 7) is 5.86. The van der Waals surface area contributed by atoms with Gasteiger partial charge in [-0.2, -0.15) is 0 Å². The molecular weight excluding hydrogens is 220 g/mol. The summed E-state index contributed by atoms with van der Waals surface area (Å²) in [5.74, 6) is 0. The first-order valence-corrected chi connectivity index (χ1v) is 5.86. The maximum absolute atomic E-state index is 9.49. The first-order valence-electron chi connectivity index (χ1n) is 5.41. The fourth-order valence-electron chi connectivity index (χ4n) is 1.47. The van der Waals surface area contributed by atoms with Crippen LogP contribution in [0.4, 0.5) is 0 Å². The van der Waals surface area contributed by atoms with Gasteiger partial charge in [-0.25, -0.2) is 0 Å². The first-order chi connectivity index (χ1) is 7.29. The third-order valence-electron chi connectivity index (χ3n) is 2.21. The Morgan fingerprint density at radius 2 is 1.75 bits per heavy atom. The Morgan fingerprint density at radius 1 is 1.19 bits per heavy atom. The van der Waals surface area contributed by atoms with Gasteiger partial charge in [0.25, 0.3) is 0 Å². The molecule has 0 fully saturated rings. The van der Waals surface area contributed by atoms with Gasteiger partial charge < -0.3 is 9.84 Å². The van der Waals surface area contributed by atoms with Gasteiger partial charge in [-0.05, 0) is 26.3 Å². The normalized spacial score (nSPS) is 15.8. The molecule has 0 aromatic heterocycles. The van der Waals surface area contributed by atoms with Crippen LogP contribution in [0.15, 0.2) is 30.3 Å². The van der Waals surface area contributed by atoms with Gasteiger partial charge in [0.05, 0.1) is 12.2 Å². The molecule has 1 aromatic rings. The molecule has 0 aliphatic heterocycles. The number of aliphatic hydroxyl groups is 1. The average Bonchev–Trinajstić information content (AvgIpc) is 2.15. The van der Waals surface area contributed by atoms with Crippen molar-refractivity contribution in [3.05, 3.63) is 35.9 Å². The largest absolute Gasteiger partial charge is 0.378 e. The van der Waals surface area contributed by atoms with Gasteiger partial charge in [0, 0.05) is 6.42 Å². The molecule has 0 aliphatic carbocycles. The summed E-state index contributed by atoms with van der Waals surface area (Å²) in [6.07, 6.45) is 0.817. The van der Waals surface area contributed by atoms with Crippen molar-refractivity contribution in [2.45, 2.75) is 37.7 Å². The van der Waals surface area contributed by atoms with E-state index in [2.05, 4.69) is 24.8 Å². The van der Waals surface area contributed by atoms with Gasteiger partial charge in [0.1, 0.15) is 4.93 Å². The molecule has 3 heteroatoms. The van der Waals surface area contributed by atoms with E-state index in [1.807, 2.05) is 32.0 Å². The van der Waals surface area contributed by atoms with Crippen molar-refractivity contribution in [1.29, 1.82) is 0 Å². The molecule has 1 unspecified atom stereocenters. The highest BCUT2D eigenvalue weighted by Crippen LogP contribution is 2.20. The second kappa shape index (κ2) is 5.21. The number of benzene rings is 1. The van der Waals surface area contributed by atoms with Gasteiger partial charge in [-0.3, -0.25) is 0 Å². The Hall–Kier alpha value is -0.510. The van der Waals surface area contributed by atoms with Crippen LogP contribution in [0.1, 0.15) is 26.3 Å². The van der Waals surface area contributed by atoms with Crippen LogP contribution in [0, 0.1) is 0 Å². The summed E-state index contributed by atoms with van der Waals surface area (Å²) < 4.78 is 5.67. The molecule has 1 rings (SSSR count). The van der Waals surface area contributed by atoms with E-state index in [9.17, 15) is 5.11 Å². The SMILES string of the molecule is CC(O)(S)COC(C)(C)Cc1ccccc1. The molecule has 0 amide bonds. The second-order valence-corrected chi connectivity index (χ2v) is 5.89. The lowest BCUT2D eigenvalue weighted by Gasteiger charge is -2.29. The summed E-state index contributed by atoms with van der Waals surface area (Å²) in [4.78, 5) is -1.08. The van der Waals surface area contributed by atoms with E-state index >= 15 is 0 Å². The van der Waals surface area contributed by atoms with Crippen LogP contribution in [0.25, 0.3) is 0 Å². The Labute approximate surface area is 103 Å². The summed E-state index contributed by atoms with van der Waals surface area (Å²) in [5.41, 5.74) is 0.931. The molecule has 1 N–H and O–H groups in total. The minimum atomic E-state index is -1.08. The Kier molecular flexibility index (Phi) is 4.42. The molecule has 90 valence electrons. The molecular formula is C13H20O2S. The monoisotopic (exact) mass is 240 g/mol.